The average molecular weight is 366 g/mol. The Kier molecular flexibility index (Phi) is 5.35. The number of nitrogens with one attached hydrogen (secondary N) is 2. The van der Waals surface area contributed by atoms with Crippen LogP contribution in [0.1, 0.15) is 28.2 Å². The highest BCUT2D eigenvalue weighted by Gasteiger charge is 2.20. The van der Waals surface area contributed by atoms with E-state index >= 15 is 0 Å². The highest BCUT2D eigenvalue weighted by atomic mass is 16.2. The Bertz CT molecular complexity index is 958. The van der Waals surface area contributed by atoms with Gasteiger partial charge < -0.3 is 10.6 Å². The molecule has 3 aromatic rings. The number of anilines is 2. The summed E-state index contributed by atoms with van der Waals surface area (Å²) in [5.41, 5.74) is 3.20. The summed E-state index contributed by atoms with van der Waals surface area (Å²) >= 11 is 0. The predicted molar refractivity (Wildman–Crippen MR) is 102 cm³/mol. The number of aromatic nitrogens is 4. The summed E-state index contributed by atoms with van der Waals surface area (Å²) in [4.78, 5) is 25.0. The van der Waals surface area contributed by atoms with Crippen LogP contribution in [0.3, 0.4) is 0 Å². The molecule has 2 heterocycles. The van der Waals surface area contributed by atoms with Crippen molar-refractivity contribution in [3.05, 3.63) is 59.7 Å². The lowest BCUT2D eigenvalue weighted by molar-refractivity contribution is -0.116. The molecule has 0 aliphatic carbocycles. The summed E-state index contributed by atoms with van der Waals surface area (Å²) < 4.78 is 3.11. The van der Waals surface area contributed by atoms with Crippen LogP contribution < -0.4 is 10.6 Å². The topological polar surface area (TPSA) is 93.8 Å². The number of nitrogens with zero attached hydrogens (tertiary/aromatic N) is 4. The molecule has 140 valence electrons. The van der Waals surface area contributed by atoms with Crippen LogP contribution in [0.25, 0.3) is 0 Å². The third-order valence-electron chi connectivity index (χ3n) is 4.39. The van der Waals surface area contributed by atoms with E-state index in [0.717, 1.165) is 11.3 Å². The summed E-state index contributed by atoms with van der Waals surface area (Å²) in [6, 6.07) is 9.78. The molecule has 8 nitrogen and oxygen atoms in total. The van der Waals surface area contributed by atoms with E-state index < -0.39 is 0 Å². The molecule has 0 spiro atoms. The second-order valence-corrected chi connectivity index (χ2v) is 6.29. The fraction of sp³-hybridized carbons (Fsp3) is 0.263. The second-order valence-electron chi connectivity index (χ2n) is 6.29. The molecule has 2 aromatic heterocycles. The van der Waals surface area contributed by atoms with Crippen LogP contribution >= 0.6 is 0 Å². The van der Waals surface area contributed by atoms with E-state index in [4.69, 9.17) is 0 Å². The van der Waals surface area contributed by atoms with Gasteiger partial charge in [-0.05, 0) is 18.9 Å². The molecule has 0 saturated heterocycles. The van der Waals surface area contributed by atoms with Gasteiger partial charge in [0, 0.05) is 20.5 Å². The fourth-order valence-electron chi connectivity index (χ4n) is 2.72. The van der Waals surface area contributed by atoms with Gasteiger partial charge in [-0.2, -0.15) is 10.2 Å². The van der Waals surface area contributed by atoms with E-state index in [1.807, 2.05) is 37.3 Å². The zero-order chi connectivity index (χ0) is 19.4. The van der Waals surface area contributed by atoms with Gasteiger partial charge in [0.25, 0.3) is 5.91 Å². The van der Waals surface area contributed by atoms with Crippen molar-refractivity contribution in [1.29, 1.82) is 0 Å². The molecular weight excluding hydrogens is 344 g/mol. The molecule has 0 unspecified atom stereocenters. The predicted octanol–water partition coefficient (Wildman–Crippen LogP) is 2.29. The van der Waals surface area contributed by atoms with Crippen LogP contribution in [-0.4, -0.2) is 31.4 Å². The standard InChI is InChI=1S/C19H22N6O2/c1-13-15(11-20-24(13)2)23-19(27)18-16(12-21-25(18)3)22-17(26)10-9-14-7-5-4-6-8-14/h4-8,11-12H,9-10H2,1-3H3,(H,22,26)(H,23,27). The Balaban J connectivity index is 1.67. The maximum absolute atomic E-state index is 12.7. The van der Waals surface area contributed by atoms with Gasteiger partial charge in [0.05, 0.1) is 29.5 Å². The largest absolute Gasteiger partial charge is 0.323 e. The first-order valence-electron chi connectivity index (χ1n) is 8.61. The van der Waals surface area contributed by atoms with Gasteiger partial charge in [-0.15, -0.1) is 0 Å². The SMILES string of the molecule is Cc1c(NC(=O)c2c(NC(=O)CCc3ccccc3)cnn2C)cnn1C. The van der Waals surface area contributed by atoms with Gasteiger partial charge in [-0.25, -0.2) is 0 Å². The molecular formula is C19H22N6O2. The molecule has 2 N–H and O–H groups in total. The zero-order valence-corrected chi connectivity index (χ0v) is 15.6. The Morgan fingerprint density at radius 2 is 1.63 bits per heavy atom. The van der Waals surface area contributed by atoms with E-state index in [9.17, 15) is 9.59 Å². The lowest BCUT2D eigenvalue weighted by atomic mass is 10.1. The number of rotatable bonds is 6. The first kappa shape index (κ1) is 18.4. The molecule has 0 saturated carbocycles. The van der Waals surface area contributed by atoms with Gasteiger partial charge in [-0.3, -0.25) is 19.0 Å². The smallest absolute Gasteiger partial charge is 0.276 e. The molecule has 2 amide bonds. The molecule has 0 bridgehead atoms. The summed E-state index contributed by atoms with van der Waals surface area (Å²) in [6.07, 6.45) is 4.01. The molecule has 1 aromatic carbocycles. The van der Waals surface area contributed by atoms with Crippen LogP contribution in [0.4, 0.5) is 11.4 Å². The quantitative estimate of drug-likeness (QED) is 0.700. The van der Waals surface area contributed by atoms with Crippen LogP contribution in [-0.2, 0) is 25.3 Å². The zero-order valence-electron chi connectivity index (χ0n) is 15.6. The number of carbonyl (C=O) groups is 2. The van der Waals surface area contributed by atoms with Crippen LogP contribution in [0.5, 0.6) is 0 Å². The molecule has 0 fully saturated rings. The molecule has 0 aliphatic rings. The Morgan fingerprint density at radius 3 is 2.30 bits per heavy atom. The highest BCUT2D eigenvalue weighted by Crippen LogP contribution is 2.19. The Labute approximate surface area is 157 Å². The molecule has 8 heteroatoms. The van der Waals surface area contributed by atoms with E-state index in [-0.39, 0.29) is 17.5 Å². The maximum Gasteiger partial charge on any atom is 0.276 e. The van der Waals surface area contributed by atoms with E-state index in [0.29, 0.717) is 24.2 Å². The van der Waals surface area contributed by atoms with Crippen molar-refractivity contribution < 1.29 is 9.59 Å². The van der Waals surface area contributed by atoms with Crippen molar-refractivity contribution in [3.8, 4) is 0 Å². The van der Waals surface area contributed by atoms with Crippen molar-refractivity contribution in [1.82, 2.24) is 19.6 Å². The van der Waals surface area contributed by atoms with Crippen molar-refractivity contribution in [2.45, 2.75) is 19.8 Å². The van der Waals surface area contributed by atoms with E-state index in [2.05, 4.69) is 20.8 Å². The van der Waals surface area contributed by atoms with Gasteiger partial charge in [-0.1, -0.05) is 30.3 Å². The van der Waals surface area contributed by atoms with Crippen molar-refractivity contribution in [3.63, 3.8) is 0 Å². The van der Waals surface area contributed by atoms with Gasteiger partial charge >= 0.3 is 0 Å². The number of benzene rings is 1. The number of aryl methyl sites for hydroxylation is 3. The molecule has 0 aliphatic heterocycles. The molecule has 27 heavy (non-hydrogen) atoms. The number of amides is 2. The van der Waals surface area contributed by atoms with E-state index in [1.54, 1.807) is 25.0 Å². The fourth-order valence-corrected chi connectivity index (χ4v) is 2.72. The summed E-state index contributed by atoms with van der Waals surface area (Å²) in [7, 11) is 3.46. The van der Waals surface area contributed by atoms with Crippen molar-refractivity contribution >= 4 is 23.2 Å². The van der Waals surface area contributed by atoms with Crippen LogP contribution in [0, 0.1) is 6.92 Å². The average Bonchev–Trinajstić information content (AvgIpc) is 3.17. The molecule has 0 radical (unpaired) electrons. The highest BCUT2D eigenvalue weighted by molar-refractivity contribution is 6.09. The summed E-state index contributed by atoms with van der Waals surface area (Å²) in [6.45, 7) is 1.86. The normalized spacial score (nSPS) is 10.6. The minimum atomic E-state index is -0.357. The summed E-state index contributed by atoms with van der Waals surface area (Å²) in [5, 5.41) is 13.8. The number of hydrogen-bond acceptors (Lipinski definition) is 4. The Hall–Kier alpha value is -3.42. The number of carbonyl (C=O) groups excluding carboxylic acids is 2. The first-order chi connectivity index (χ1) is 13.0. The first-order valence-corrected chi connectivity index (χ1v) is 8.61. The van der Waals surface area contributed by atoms with E-state index in [1.165, 1.54) is 10.9 Å². The van der Waals surface area contributed by atoms with Crippen molar-refractivity contribution in [2.75, 3.05) is 10.6 Å². The minimum Gasteiger partial charge on any atom is -0.323 e. The second kappa shape index (κ2) is 7.86. The Morgan fingerprint density at radius 1 is 0.963 bits per heavy atom. The lowest BCUT2D eigenvalue weighted by Gasteiger charge is -2.09. The van der Waals surface area contributed by atoms with Gasteiger partial charge in [0.1, 0.15) is 5.69 Å². The van der Waals surface area contributed by atoms with Crippen LogP contribution in [0.2, 0.25) is 0 Å². The van der Waals surface area contributed by atoms with Crippen LogP contribution in [0.15, 0.2) is 42.7 Å². The van der Waals surface area contributed by atoms with Gasteiger partial charge in [0.2, 0.25) is 5.91 Å². The third-order valence-corrected chi connectivity index (χ3v) is 4.39. The molecule has 0 atom stereocenters. The van der Waals surface area contributed by atoms with Crippen molar-refractivity contribution in [2.24, 2.45) is 14.1 Å². The number of hydrogen-bond donors (Lipinski definition) is 2. The maximum atomic E-state index is 12.7. The monoisotopic (exact) mass is 366 g/mol. The molecule has 3 rings (SSSR count). The third kappa shape index (κ3) is 4.22. The summed E-state index contributed by atoms with van der Waals surface area (Å²) in [5.74, 6) is -0.525. The minimum absolute atomic E-state index is 0.168. The lowest BCUT2D eigenvalue weighted by Crippen LogP contribution is -2.20. The van der Waals surface area contributed by atoms with Gasteiger partial charge in [0.15, 0.2) is 0 Å².